The molecule has 17 heavy (non-hydrogen) atoms. The van der Waals surface area contributed by atoms with Gasteiger partial charge in [-0.15, -0.1) is 0 Å². The molecule has 0 heterocycles. The van der Waals surface area contributed by atoms with E-state index in [1.807, 2.05) is 18.2 Å². The lowest BCUT2D eigenvalue weighted by Crippen LogP contribution is -2.42. The van der Waals surface area contributed by atoms with Gasteiger partial charge in [0.2, 0.25) is 0 Å². The molecule has 1 fully saturated rings. The fourth-order valence-electron chi connectivity index (χ4n) is 2.56. The van der Waals surface area contributed by atoms with E-state index in [0.717, 1.165) is 25.7 Å². The van der Waals surface area contributed by atoms with Gasteiger partial charge in [-0.3, -0.25) is 5.21 Å². The highest BCUT2D eigenvalue weighted by molar-refractivity contribution is 5.70. The average Bonchev–Trinajstić information content (AvgIpc) is 2.39. The van der Waals surface area contributed by atoms with Crippen molar-refractivity contribution in [2.45, 2.75) is 37.6 Å². The van der Waals surface area contributed by atoms with Crippen LogP contribution >= 0.6 is 0 Å². The summed E-state index contributed by atoms with van der Waals surface area (Å²) in [7, 11) is 0. The minimum atomic E-state index is -0.756. The zero-order chi connectivity index (χ0) is 12.3. The molecule has 2 amide bonds. The summed E-state index contributed by atoms with van der Waals surface area (Å²) in [6.07, 6.45) is 3.58. The summed E-state index contributed by atoms with van der Waals surface area (Å²) in [5, 5.41) is 10.1. The van der Waals surface area contributed by atoms with Gasteiger partial charge in [0.1, 0.15) is 0 Å². The maximum absolute atomic E-state index is 10.8. The van der Waals surface area contributed by atoms with Crippen molar-refractivity contribution >= 4 is 6.03 Å². The first-order chi connectivity index (χ1) is 8.18. The van der Waals surface area contributed by atoms with E-state index in [1.165, 1.54) is 5.56 Å². The van der Waals surface area contributed by atoms with Gasteiger partial charge in [0.25, 0.3) is 0 Å². The molecule has 0 aliphatic heterocycles. The number of carbonyl (C=O) groups is 1. The van der Waals surface area contributed by atoms with Gasteiger partial charge in [-0.1, -0.05) is 30.3 Å². The molecule has 3 N–H and O–H groups in total. The van der Waals surface area contributed by atoms with Crippen molar-refractivity contribution in [1.82, 2.24) is 5.06 Å². The smallest absolute Gasteiger partial charge is 0.338 e. The zero-order valence-corrected chi connectivity index (χ0v) is 9.75. The Morgan fingerprint density at radius 2 is 1.76 bits per heavy atom. The molecule has 2 rings (SSSR count). The molecule has 0 saturated heterocycles. The molecule has 1 aromatic carbocycles. The first-order valence-corrected chi connectivity index (χ1v) is 6.01. The van der Waals surface area contributed by atoms with Crippen molar-refractivity contribution < 1.29 is 10.0 Å². The number of primary amides is 1. The highest BCUT2D eigenvalue weighted by Gasteiger charge is 2.27. The molecule has 1 saturated carbocycles. The second kappa shape index (κ2) is 5.19. The number of hydrogen-bond donors (Lipinski definition) is 2. The highest BCUT2D eigenvalue weighted by atomic mass is 16.5. The molecule has 4 heteroatoms. The van der Waals surface area contributed by atoms with Gasteiger partial charge < -0.3 is 5.73 Å². The van der Waals surface area contributed by atoms with Crippen LogP contribution < -0.4 is 5.73 Å². The van der Waals surface area contributed by atoms with Crippen LogP contribution in [0.25, 0.3) is 0 Å². The van der Waals surface area contributed by atoms with Crippen molar-refractivity contribution in [2.75, 3.05) is 0 Å². The van der Waals surface area contributed by atoms with Crippen molar-refractivity contribution in [3.05, 3.63) is 35.9 Å². The van der Waals surface area contributed by atoms with Gasteiger partial charge in [0.15, 0.2) is 0 Å². The number of carbonyl (C=O) groups excluding carboxylic acids is 1. The lowest BCUT2D eigenvalue weighted by Gasteiger charge is -2.32. The number of urea groups is 1. The molecular formula is C13H18N2O2. The maximum Gasteiger partial charge on any atom is 0.338 e. The SMILES string of the molecule is NC(=O)N(O)C1CCC(c2ccccc2)CC1. The lowest BCUT2D eigenvalue weighted by atomic mass is 9.82. The van der Waals surface area contributed by atoms with Gasteiger partial charge in [-0.05, 0) is 37.2 Å². The van der Waals surface area contributed by atoms with Crippen LogP contribution in [0.4, 0.5) is 4.79 Å². The third-order valence-electron chi connectivity index (χ3n) is 3.54. The van der Waals surface area contributed by atoms with Crippen molar-refractivity contribution in [1.29, 1.82) is 0 Å². The quantitative estimate of drug-likeness (QED) is 0.609. The van der Waals surface area contributed by atoms with E-state index in [0.29, 0.717) is 11.0 Å². The fourth-order valence-corrected chi connectivity index (χ4v) is 2.56. The van der Waals surface area contributed by atoms with E-state index < -0.39 is 6.03 Å². The molecule has 0 bridgehead atoms. The summed E-state index contributed by atoms with van der Waals surface area (Å²) in [4.78, 5) is 10.8. The van der Waals surface area contributed by atoms with Crippen LogP contribution in [-0.4, -0.2) is 22.3 Å². The number of hydrogen-bond acceptors (Lipinski definition) is 2. The first-order valence-electron chi connectivity index (χ1n) is 6.01. The largest absolute Gasteiger partial charge is 0.350 e. The van der Waals surface area contributed by atoms with E-state index in [2.05, 4.69) is 12.1 Å². The van der Waals surface area contributed by atoms with Crippen LogP contribution in [0.15, 0.2) is 30.3 Å². The molecule has 0 aromatic heterocycles. The minimum absolute atomic E-state index is 0.118. The van der Waals surface area contributed by atoms with Crippen LogP contribution in [0.5, 0.6) is 0 Å². The Kier molecular flexibility index (Phi) is 3.64. The van der Waals surface area contributed by atoms with Crippen LogP contribution in [-0.2, 0) is 0 Å². The number of benzene rings is 1. The van der Waals surface area contributed by atoms with Gasteiger partial charge in [-0.25, -0.2) is 9.86 Å². The Bertz CT molecular complexity index is 372. The Morgan fingerprint density at radius 1 is 1.18 bits per heavy atom. The van der Waals surface area contributed by atoms with E-state index in [4.69, 9.17) is 5.73 Å². The van der Waals surface area contributed by atoms with Crippen LogP contribution in [0, 0.1) is 0 Å². The topological polar surface area (TPSA) is 66.6 Å². The summed E-state index contributed by atoms with van der Waals surface area (Å²) in [5.74, 6) is 0.536. The normalized spacial score (nSPS) is 24.3. The summed E-state index contributed by atoms with van der Waals surface area (Å²) >= 11 is 0. The number of rotatable bonds is 2. The van der Waals surface area contributed by atoms with Crippen molar-refractivity contribution in [3.8, 4) is 0 Å². The second-order valence-electron chi connectivity index (χ2n) is 4.60. The van der Waals surface area contributed by atoms with E-state index in [1.54, 1.807) is 0 Å². The summed E-state index contributed by atoms with van der Waals surface area (Å²) < 4.78 is 0. The fraction of sp³-hybridized carbons (Fsp3) is 0.462. The van der Waals surface area contributed by atoms with Gasteiger partial charge >= 0.3 is 6.03 Å². The van der Waals surface area contributed by atoms with Crippen molar-refractivity contribution in [2.24, 2.45) is 5.73 Å². The molecule has 0 atom stereocenters. The molecule has 4 nitrogen and oxygen atoms in total. The third-order valence-corrected chi connectivity index (χ3v) is 3.54. The molecule has 1 aromatic rings. The molecule has 0 radical (unpaired) electrons. The molecule has 0 spiro atoms. The van der Waals surface area contributed by atoms with Gasteiger partial charge in [0.05, 0.1) is 6.04 Å². The minimum Gasteiger partial charge on any atom is -0.350 e. The first kappa shape index (κ1) is 11.9. The van der Waals surface area contributed by atoms with E-state index >= 15 is 0 Å². The Morgan fingerprint density at radius 3 is 2.29 bits per heavy atom. The lowest BCUT2D eigenvalue weighted by molar-refractivity contribution is -0.0850. The summed E-state index contributed by atoms with van der Waals surface area (Å²) in [6, 6.07) is 9.50. The number of hydroxylamine groups is 2. The molecule has 0 unspecified atom stereocenters. The van der Waals surface area contributed by atoms with E-state index in [9.17, 15) is 10.0 Å². The maximum atomic E-state index is 10.8. The number of amides is 2. The summed E-state index contributed by atoms with van der Waals surface area (Å²) in [5.41, 5.74) is 6.39. The van der Waals surface area contributed by atoms with Crippen LogP contribution in [0.1, 0.15) is 37.2 Å². The average molecular weight is 234 g/mol. The molecule has 92 valence electrons. The van der Waals surface area contributed by atoms with Gasteiger partial charge in [0, 0.05) is 0 Å². The molecule has 1 aliphatic rings. The Hall–Kier alpha value is -1.55. The summed E-state index contributed by atoms with van der Waals surface area (Å²) in [6.45, 7) is 0. The Balaban J connectivity index is 1.93. The van der Waals surface area contributed by atoms with Gasteiger partial charge in [-0.2, -0.15) is 0 Å². The monoisotopic (exact) mass is 234 g/mol. The second-order valence-corrected chi connectivity index (χ2v) is 4.60. The molecule has 1 aliphatic carbocycles. The van der Waals surface area contributed by atoms with E-state index in [-0.39, 0.29) is 6.04 Å². The van der Waals surface area contributed by atoms with Crippen LogP contribution in [0.2, 0.25) is 0 Å². The Labute approximate surface area is 101 Å². The third kappa shape index (κ3) is 2.77. The predicted molar refractivity (Wildman–Crippen MR) is 64.6 cm³/mol. The zero-order valence-electron chi connectivity index (χ0n) is 9.75. The van der Waals surface area contributed by atoms with Crippen molar-refractivity contribution in [3.63, 3.8) is 0 Å². The number of nitrogens with two attached hydrogens (primary N) is 1. The van der Waals surface area contributed by atoms with Crippen LogP contribution in [0.3, 0.4) is 0 Å². The standard InChI is InChI=1S/C13H18N2O2/c14-13(16)15(17)12-8-6-11(7-9-12)10-4-2-1-3-5-10/h1-5,11-12,17H,6-9H2,(H2,14,16). The molecular weight excluding hydrogens is 216 g/mol. The highest BCUT2D eigenvalue weighted by Crippen LogP contribution is 2.34. The number of nitrogens with zero attached hydrogens (tertiary/aromatic N) is 1. The predicted octanol–water partition coefficient (Wildman–Crippen LogP) is 2.48.